The van der Waals surface area contributed by atoms with Crippen LogP contribution in [-0.4, -0.2) is 29.9 Å². The minimum absolute atomic E-state index is 0.165. The first kappa shape index (κ1) is 13.5. The van der Waals surface area contributed by atoms with Crippen molar-refractivity contribution >= 4 is 6.09 Å². The molecule has 0 heterocycles. The van der Waals surface area contributed by atoms with E-state index in [-0.39, 0.29) is 13.2 Å². The number of ether oxygens (including phenoxy) is 1. The lowest BCUT2D eigenvalue weighted by Crippen LogP contribution is -2.47. The Balaban J connectivity index is 2.35. The molecule has 0 aliphatic heterocycles. The molecular formula is C12H18N2O3. The number of hydrogen-bond donors (Lipinski definition) is 3. The quantitative estimate of drug-likeness (QED) is 0.702. The number of hydrogen-bond acceptors (Lipinski definition) is 4. The topological polar surface area (TPSA) is 84.6 Å². The highest BCUT2D eigenvalue weighted by Crippen LogP contribution is 2.01. The van der Waals surface area contributed by atoms with Gasteiger partial charge in [-0.2, -0.15) is 0 Å². The fourth-order valence-electron chi connectivity index (χ4n) is 1.29. The molecule has 0 bridgehead atoms. The smallest absolute Gasteiger partial charge is 0.407 e. The third kappa shape index (κ3) is 4.84. The molecule has 0 saturated heterocycles. The van der Waals surface area contributed by atoms with Crippen LogP contribution in [0, 0.1) is 0 Å². The van der Waals surface area contributed by atoms with Gasteiger partial charge in [-0.3, -0.25) is 0 Å². The van der Waals surface area contributed by atoms with E-state index in [1.807, 2.05) is 30.3 Å². The first-order valence-corrected chi connectivity index (χ1v) is 5.49. The molecule has 0 aromatic heterocycles. The van der Waals surface area contributed by atoms with E-state index in [9.17, 15) is 9.90 Å². The molecule has 0 aliphatic rings. The lowest BCUT2D eigenvalue weighted by molar-refractivity contribution is 0.111. The maximum Gasteiger partial charge on any atom is 0.407 e. The monoisotopic (exact) mass is 238 g/mol. The van der Waals surface area contributed by atoms with Gasteiger partial charge in [-0.15, -0.1) is 0 Å². The van der Waals surface area contributed by atoms with E-state index in [0.717, 1.165) is 5.56 Å². The summed E-state index contributed by atoms with van der Waals surface area (Å²) in [5, 5.41) is 11.8. The second kappa shape index (κ2) is 6.88. The molecule has 0 spiro atoms. The SMILES string of the molecule is C[C@@H](O)[C@H](CN)NC(=O)OCc1ccccc1. The zero-order valence-corrected chi connectivity index (χ0v) is 9.80. The van der Waals surface area contributed by atoms with E-state index >= 15 is 0 Å². The Morgan fingerprint density at radius 3 is 2.65 bits per heavy atom. The number of nitrogens with two attached hydrogens (primary N) is 1. The van der Waals surface area contributed by atoms with Gasteiger partial charge in [-0.25, -0.2) is 4.79 Å². The molecule has 1 rings (SSSR count). The lowest BCUT2D eigenvalue weighted by Gasteiger charge is -2.19. The average Bonchev–Trinajstić information content (AvgIpc) is 2.34. The van der Waals surface area contributed by atoms with Crippen molar-refractivity contribution < 1.29 is 14.6 Å². The molecule has 0 aliphatic carbocycles. The van der Waals surface area contributed by atoms with Gasteiger partial charge in [0.05, 0.1) is 12.1 Å². The first-order chi connectivity index (χ1) is 8.13. The van der Waals surface area contributed by atoms with Gasteiger partial charge < -0.3 is 20.9 Å². The van der Waals surface area contributed by atoms with Gasteiger partial charge >= 0.3 is 6.09 Å². The Bertz CT molecular complexity index is 341. The summed E-state index contributed by atoms with van der Waals surface area (Å²) >= 11 is 0. The minimum atomic E-state index is -0.704. The van der Waals surface area contributed by atoms with Crippen molar-refractivity contribution in [3.63, 3.8) is 0 Å². The second-order valence-corrected chi connectivity index (χ2v) is 3.79. The minimum Gasteiger partial charge on any atom is -0.445 e. The molecule has 94 valence electrons. The summed E-state index contributed by atoms with van der Waals surface area (Å²) in [6.07, 6.45) is -1.28. The predicted molar refractivity (Wildman–Crippen MR) is 64.3 cm³/mol. The number of nitrogens with one attached hydrogen (secondary N) is 1. The third-order valence-corrected chi connectivity index (χ3v) is 2.35. The van der Waals surface area contributed by atoms with Gasteiger partial charge in [0.15, 0.2) is 0 Å². The third-order valence-electron chi connectivity index (χ3n) is 2.35. The summed E-state index contributed by atoms with van der Waals surface area (Å²) in [7, 11) is 0. The molecule has 0 fully saturated rings. The summed E-state index contributed by atoms with van der Waals surface area (Å²) in [6, 6.07) is 8.87. The summed E-state index contributed by atoms with van der Waals surface area (Å²) in [5.41, 5.74) is 6.31. The summed E-state index contributed by atoms with van der Waals surface area (Å²) < 4.78 is 4.99. The molecule has 1 amide bonds. The second-order valence-electron chi connectivity index (χ2n) is 3.79. The largest absolute Gasteiger partial charge is 0.445 e. The molecule has 1 aromatic carbocycles. The number of alkyl carbamates (subject to hydrolysis) is 1. The maximum atomic E-state index is 11.4. The Labute approximate surface area is 101 Å². The van der Waals surface area contributed by atoms with E-state index in [4.69, 9.17) is 10.5 Å². The van der Waals surface area contributed by atoms with Crippen molar-refractivity contribution in [1.29, 1.82) is 0 Å². The number of rotatable bonds is 5. The van der Waals surface area contributed by atoms with Gasteiger partial charge in [-0.1, -0.05) is 30.3 Å². The van der Waals surface area contributed by atoms with Crippen molar-refractivity contribution in [2.45, 2.75) is 25.7 Å². The van der Waals surface area contributed by atoms with Gasteiger partial charge in [-0.05, 0) is 12.5 Å². The van der Waals surface area contributed by atoms with E-state index in [1.54, 1.807) is 6.92 Å². The highest BCUT2D eigenvalue weighted by molar-refractivity contribution is 5.67. The van der Waals surface area contributed by atoms with Gasteiger partial charge in [0.25, 0.3) is 0 Å². The number of aliphatic hydroxyl groups is 1. The molecule has 4 N–H and O–H groups in total. The van der Waals surface area contributed by atoms with Crippen molar-refractivity contribution in [2.75, 3.05) is 6.54 Å². The molecular weight excluding hydrogens is 220 g/mol. The van der Waals surface area contributed by atoms with Crippen LogP contribution in [0.25, 0.3) is 0 Å². The van der Waals surface area contributed by atoms with Crippen LogP contribution in [0.5, 0.6) is 0 Å². The zero-order valence-electron chi connectivity index (χ0n) is 9.80. The van der Waals surface area contributed by atoms with Gasteiger partial charge in [0, 0.05) is 6.54 Å². The number of aliphatic hydroxyl groups excluding tert-OH is 1. The van der Waals surface area contributed by atoms with Crippen molar-refractivity contribution in [3.05, 3.63) is 35.9 Å². The van der Waals surface area contributed by atoms with E-state index in [0.29, 0.717) is 0 Å². The normalized spacial score (nSPS) is 13.8. The number of carbonyl (C=O) groups excluding carboxylic acids is 1. The molecule has 17 heavy (non-hydrogen) atoms. The van der Waals surface area contributed by atoms with Crippen LogP contribution in [-0.2, 0) is 11.3 Å². The van der Waals surface area contributed by atoms with Crippen molar-refractivity contribution in [2.24, 2.45) is 5.73 Å². The highest BCUT2D eigenvalue weighted by Gasteiger charge is 2.16. The number of carbonyl (C=O) groups is 1. The molecule has 5 nitrogen and oxygen atoms in total. The van der Waals surface area contributed by atoms with Gasteiger partial charge in [0.2, 0.25) is 0 Å². The zero-order chi connectivity index (χ0) is 12.7. The fourth-order valence-corrected chi connectivity index (χ4v) is 1.29. The van der Waals surface area contributed by atoms with Crippen LogP contribution in [0.4, 0.5) is 4.79 Å². The molecule has 0 radical (unpaired) electrons. The summed E-state index contributed by atoms with van der Waals surface area (Å²) in [5.74, 6) is 0. The maximum absolute atomic E-state index is 11.4. The Kier molecular flexibility index (Phi) is 5.45. The number of benzene rings is 1. The summed E-state index contributed by atoms with van der Waals surface area (Å²) in [6.45, 7) is 1.93. The standard InChI is InChI=1S/C12H18N2O3/c1-9(15)11(7-13)14-12(16)17-8-10-5-3-2-4-6-10/h2-6,9,11,15H,7-8,13H2,1H3,(H,14,16)/t9-,11+/m1/s1. The van der Waals surface area contributed by atoms with Gasteiger partial charge in [0.1, 0.15) is 6.61 Å². The fraction of sp³-hybridized carbons (Fsp3) is 0.417. The number of amides is 1. The highest BCUT2D eigenvalue weighted by atomic mass is 16.5. The van der Waals surface area contributed by atoms with Crippen LogP contribution >= 0.6 is 0 Å². The Morgan fingerprint density at radius 1 is 1.47 bits per heavy atom. The Hall–Kier alpha value is -1.59. The van der Waals surface area contributed by atoms with Crippen LogP contribution in [0.15, 0.2) is 30.3 Å². The van der Waals surface area contributed by atoms with E-state index in [2.05, 4.69) is 5.32 Å². The van der Waals surface area contributed by atoms with Crippen molar-refractivity contribution in [1.82, 2.24) is 5.32 Å². The Morgan fingerprint density at radius 2 is 2.12 bits per heavy atom. The molecule has 1 aromatic rings. The average molecular weight is 238 g/mol. The van der Waals surface area contributed by atoms with E-state index in [1.165, 1.54) is 0 Å². The van der Waals surface area contributed by atoms with Crippen LogP contribution < -0.4 is 11.1 Å². The molecule has 0 saturated carbocycles. The van der Waals surface area contributed by atoms with Crippen molar-refractivity contribution in [3.8, 4) is 0 Å². The van der Waals surface area contributed by atoms with Crippen LogP contribution in [0.1, 0.15) is 12.5 Å². The van der Waals surface area contributed by atoms with E-state index < -0.39 is 18.2 Å². The molecule has 0 unspecified atom stereocenters. The first-order valence-electron chi connectivity index (χ1n) is 5.49. The molecule has 5 heteroatoms. The summed E-state index contributed by atoms with van der Waals surface area (Å²) in [4.78, 5) is 11.4. The lowest BCUT2D eigenvalue weighted by atomic mass is 10.2. The predicted octanol–water partition coefficient (Wildman–Crippen LogP) is 0.621. The van der Waals surface area contributed by atoms with Crippen LogP contribution in [0.2, 0.25) is 0 Å². The van der Waals surface area contributed by atoms with Crippen LogP contribution in [0.3, 0.4) is 0 Å². The molecule has 2 atom stereocenters.